The minimum absolute atomic E-state index is 0.294. The van der Waals surface area contributed by atoms with Gasteiger partial charge in [0, 0.05) is 11.1 Å². The summed E-state index contributed by atoms with van der Waals surface area (Å²) < 4.78 is 24.3. The molecule has 0 bridgehead atoms. The lowest BCUT2D eigenvalue weighted by Gasteiger charge is -2.42. The second kappa shape index (κ2) is 4.70. The van der Waals surface area contributed by atoms with Crippen LogP contribution in [0.2, 0.25) is 0 Å². The number of rotatable bonds is 2. The van der Waals surface area contributed by atoms with E-state index in [1.165, 1.54) is 5.06 Å². The average molecular weight is 251 g/mol. The molecule has 16 heavy (non-hydrogen) atoms. The van der Waals surface area contributed by atoms with E-state index in [1.807, 2.05) is 27.7 Å². The van der Waals surface area contributed by atoms with Crippen molar-refractivity contribution in [3.8, 4) is 0 Å². The largest absolute Gasteiger partial charge is 0.313 e. The molecule has 0 saturated carbocycles. The van der Waals surface area contributed by atoms with Crippen molar-refractivity contribution in [2.75, 3.05) is 0 Å². The van der Waals surface area contributed by atoms with Crippen LogP contribution in [0.4, 0.5) is 0 Å². The molecule has 0 amide bonds. The summed E-state index contributed by atoms with van der Waals surface area (Å²) in [4.78, 5) is 0. The Kier molecular flexibility index (Phi) is 4.13. The molecule has 1 aliphatic heterocycles. The molecule has 0 radical (unpaired) electrons. The first-order valence-electron chi connectivity index (χ1n) is 5.42. The van der Waals surface area contributed by atoms with E-state index in [2.05, 4.69) is 0 Å². The molecule has 0 spiro atoms. The van der Waals surface area contributed by atoms with Crippen LogP contribution in [-0.2, 0) is 15.5 Å². The highest BCUT2D eigenvalue weighted by atomic mass is 32.2. The molecule has 1 heterocycles. The normalized spacial score (nSPS) is 32.0. The van der Waals surface area contributed by atoms with Crippen LogP contribution in [0.1, 0.15) is 47.0 Å². The topological polar surface area (TPSA) is 70.0 Å². The van der Waals surface area contributed by atoms with Crippen LogP contribution < -0.4 is 0 Å². The first-order chi connectivity index (χ1) is 7.15. The Labute approximate surface area is 99.2 Å². The first kappa shape index (κ1) is 14.1. The van der Waals surface area contributed by atoms with Gasteiger partial charge in [0.1, 0.15) is 0 Å². The fourth-order valence-electron chi connectivity index (χ4n) is 2.38. The highest BCUT2D eigenvalue weighted by Crippen LogP contribution is 2.36. The number of hydrogen-bond donors (Lipinski definition) is 2. The van der Waals surface area contributed by atoms with E-state index >= 15 is 0 Å². The summed E-state index contributed by atoms with van der Waals surface area (Å²) in [6.07, 6.45) is 1.62. The van der Waals surface area contributed by atoms with Crippen molar-refractivity contribution in [2.24, 2.45) is 0 Å². The highest BCUT2D eigenvalue weighted by molar-refractivity contribution is 7.74. The second-order valence-corrected chi connectivity index (χ2v) is 6.24. The maximum atomic E-state index is 10.6. The molecule has 2 N–H and O–H groups in total. The molecular formula is C10H21NO4S. The van der Waals surface area contributed by atoms with Gasteiger partial charge in [-0.05, 0) is 47.0 Å². The molecule has 0 aromatic rings. The summed E-state index contributed by atoms with van der Waals surface area (Å²) >= 11 is -2.24. The van der Waals surface area contributed by atoms with Crippen molar-refractivity contribution in [1.82, 2.24) is 5.06 Å². The summed E-state index contributed by atoms with van der Waals surface area (Å²) in [5.74, 6) is 0. The van der Waals surface area contributed by atoms with Gasteiger partial charge in [0.2, 0.25) is 0 Å². The van der Waals surface area contributed by atoms with Crippen LogP contribution in [0.15, 0.2) is 0 Å². The summed E-state index contributed by atoms with van der Waals surface area (Å²) in [5, 5.41) is 11.5. The molecule has 6 heteroatoms. The Morgan fingerprint density at radius 1 is 1.31 bits per heavy atom. The van der Waals surface area contributed by atoms with Crippen LogP contribution in [0.5, 0.6) is 0 Å². The molecule has 1 fully saturated rings. The lowest BCUT2D eigenvalue weighted by molar-refractivity contribution is -0.222. The Balaban J connectivity index is 2.83. The summed E-state index contributed by atoms with van der Waals surface area (Å²) in [7, 11) is 0. The molecule has 5 nitrogen and oxygen atoms in total. The van der Waals surface area contributed by atoms with Crippen molar-refractivity contribution in [3.63, 3.8) is 0 Å². The van der Waals surface area contributed by atoms with E-state index in [1.54, 1.807) is 0 Å². The van der Waals surface area contributed by atoms with Crippen LogP contribution in [-0.4, -0.2) is 36.2 Å². The fourth-order valence-corrected chi connectivity index (χ4v) is 2.78. The van der Waals surface area contributed by atoms with E-state index < -0.39 is 16.9 Å². The van der Waals surface area contributed by atoms with Crippen molar-refractivity contribution in [1.29, 1.82) is 0 Å². The number of hydrogen-bond acceptors (Lipinski definition) is 4. The van der Waals surface area contributed by atoms with Gasteiger partial charge in [-0.1, -0.05) is 0 Å². The minimum Gasteiger partial charge on any atom is -0.313 e. The van der Waals surface area contributed by atoms with E-state index in [9.17, 15) is 9.42 Å². The van der Waals surface area contributed by atoms with E-state index in [4.69, 9.17) is 8.74 Å². The van der Waals surface area contributed by atoms with Crippen LogP contribution in [0, 0.1) is 0 Å². The maximum Gasteiger partial charge on any atom is 0.302 e. The highest BCUT2D eigenvalue weighted by Gasteiger charge is 2.42. The Morgan fingerprint density at radius 2 is 1.88 bits per heavy atom. The third-order valence-corrected chi connectivity index (χ3v) is 3.61. The molecule has 0 aromatic carbocycles. The zero-order valence-corrected chi connectivity index (χ0v) is 11.1. The fraction of sp³-hybridized carbons (Fsp3) is 1.00. The van der Waals surface area contributed by atoms with Crippen molar-refractivity contribution in [3.05, 3.63) is 0 Å². The molecule has 1 aliphatic rings. The summed E-state index contributed by atoms with van der Waals surface area (Å²) in [6.45, 7) is 7.70. The average Bonchev–Trinajstić information content (AvgIpc) is 2.17. The zero-order valence-electron chi connectivity index (χ0n) is 10.3. The summed E-state index contributed by atoms with van der Waals surface area (Å²) in [6, 6.07) is 0. The van der Waals surface area contributed by atoms with Crippen molar-refractivity contribution < 1.29 is 18.2 Å². The monoisotopic (exact) mass is 251 g/mol. The molecular weight excluding hydrogens is 230 g/mol. The van der Waals surface area contributed by atoms with E-state index in [0.717, 1.165) is 6.42 Å². The molecule has 0 aliphatic carbocycles. The number of hydroxylamine groups is 2. The van der Waals surface area contributed by atoms with E-state index in [-0.39, 0.29) is 11.6 Å². The van der Waals surface area contributed by atoms with Gasteiger partial charge >= 0.3 is 11.4 Å². The summed E-state index contributed by atoms with van der Waals surface area (Å²) in [5.41, 5.74) is -0.817. The van der Waals surface area contributed by atoms with Gasteiger partial charge in [0.05, 0.1) is 6.10 Å². The Bertz CT molecular complexity index is 280. The molecule has 0 aromatic heterocycles. The van der Waals surface area contributed by atoms with Gasteiger partial charge < -0.3 is 5.21 Å². The minimum atomic E-state index is -2.24. The number of nitrogens with zero attached hydrogens (tertiary/aromatic N) is 1. The zero-order chi connectivity index (χ0) is 12.6. The van der Waals surface area contributed by atoms with Gasteiger partial charge in [-0.25, -0.2) is 0 Å². The third-order valence-electron chi connectivity index (χ3n) is 3.17. The van der Waals surface area contributed by atoms with Crippen LogP contribution in [0.25, 0.3) is 0 Å². The van der Waals surface area contributed by atoms with E-state index in [0.29, 0.717) is 12.8 Å². The molecule has 96 valence electrons. The predicted octanol–water partition coefficient (Wildman–Crippen LogP) is 1.94. The lowest BCUT2D eigenvalue weighted by Crippen LogP contribution is -2.52. The van der Waals surface area contributed by atoms with Gasteiger partial charge in [0.15, 0.2) is 0 Å². The molecule has 2 unspecified atom stereocenters. The SMILES string of the molecule is CC1(C)CCC(OS(=O)O)CC(C)(C)N1O. The molecule has 1 rings (SSSR count). The standard InChI is InChI=1S/C10H21NO4S/c1-9(2)6-5-8(15-16(13)14)7-10(3,4)11(9)12/h8,12H,5-7H2,1-4H3,(H,13,14). The van der Waals surface area contributed by atoms with Gasteiger partial charge in [-0.15, -0.1) is 0 Å². The Hall–Kier alpha value is -0.0100. The van der Waals surface area contributed by atoms with Crippen molar-refractivity contribution in [2.45, 2.75) is 64.1 Å². The maximum absolute atomic E-state index is 10.6. The smallest absolute Gasteiger partial charge is 0.302 e. The van der Waals surface area contributed by atoms with Crippen LogP contribution in [0.3, 0.4) is 0 Å². The third kappa shape index (κ3) is 3.24. The van der Waals surface area contributed by atoms with Crippen LogP contribution >= 0.6 is 0 Å². The second-order valence-electron chi connectivity index (χ2n) is 5.61. The molecule has 2 atom stereocenters. The van der Waals surface area contributed by atoms with Crippen molar-refractivity contribution >= 4 is 11.4 Å². The van der Waals surface area contributed by atoms with Gasteiger partial charge in [-0.3, -0.25) is 8.74 Å². The quantitative estimate of drug-likeness (QED) is 0.734. The lowest BCUT2D eigenvalue weighted by atomic mass is 9.95. The molecule has 1 saturated heterocycles. The first-order valence-corrected chi connectivity index (χ1v) is 6.45. The predicted molar refractivity (Wildman–Crippen MR) is 61.3 cm³/mol. The Morgan fingerprint density at radius 3 is 2.38 bits per heavy atom. The van der Waals surface area contributed by atoms with Gasteiger partial charge in [0.25, 0.3) is 0 Å². The van der Waals surface area contributed by atoms with Gasteiger partial charge in [-0.2, -0.15) is 9.27 Å².